The topological polar surface area (TPSA) is 175 Å². The van der Waals surface area contributed by atoms with E-state index in [4.69, 9.17) is 14.2 Å². The Hall–Kier alpha value is -5.89. The lowest BCUT2D eigenvalue weighted by Crippen LogP contribution is -2.54. The zero-order chi connectivity index (χ0) is 39.8. The van der Waals surface area contributed by atoms with Crippen molar-refractivity contribution in [1.82, 2.24) is 19.8 Å². The molecule has 4 amide bonds. The molecule has 14 nitrogen and oxygen atoms in total. The molecule has 1 atom stereocenters. The third-order valence-electron chi connectivity index (χ3n) is 10.3. The second kappa shape index (κ2) is 18.2. The molecule has 2 aliphatic rings. The summed E-state index contributed by atoms with van der Waals surface area (Å²) in [5, 5.41) is 6.79. The van der Waals surface area contributed by atoms with E-state index < -0.39 is 29.7 Å². The van der Waals surface area contributed by atoms with Crippen molar-refractivity contribution in [3.05, 3.63) is 82.0 Å². The first kappa shape index (κ1) is 39.8. The number of unbranched alkanes of at least 4 members (excludes halogenated alkanes) is 6. The van der Waals surface area contributed by atoms with Gasteiger partial charge in [0.1, 0.15) is 24.1 Å². The Labute approximate surface area is 324 Å². The number of imide groups is 2. The number of aromatic nitrogens is 2. The number of hydrogen-bond acceptors (Lipinski definition) is 11. The summed E-state index contributed by atoms with van der Waals surface area (Å²) in [6, 6.07) is 9.62. The van der Waals surface area contributed by atoms with Crippen LogP contribution in [0.25, 0.3) is 21.9 Å². The van der Waals surface area contributed by atoms with Gasteiger partial charge >= 0.3 is 0 Å². The number of anilines is 1. The SMILES string of the molecule is COc1cc(-c2cn(C)c(=O)c3cnccc23)cc(OC)c1COCC(=O)CCCCCCCCCNc1cccc2c1C(=O)N(C1CCC(=O)NC1=O)C2=O. The van der Waals surface area contributed by atoms with Crippen LogP contribution in [-0.4, -0.2) is 77.3 Å². The summed E-state index contributed by atoms with van der Waals surface area (Å²) in [5.41, 5.74) is 3.26. The summed E-state index contributed by atoms with van der Waals surface area (Å²) in [7, 11) is 4.83. The number of ketones is 1. The zero-order valence-corrected chi connectivity index (χ0v) is 32.0. The number of fused-ring (bicyclic) bond motifs is 2. The molecule has 4 aromatic rings. The van der Waals surface area contributed by atoms with Gasteiger partial charge in [0, 0.05) is 56.3 Å². The zero-order valence-electron chi connectivity index (χ0n) is 32.0. The highest BCUT2D eigenvalue weighted by Gasteiger charge is 2.45. The van der Waals surface area contributed by atoms with Crippen LogP contribution in [0.1, 0.15) is 90.5 Å². The molecule has 2 aromatic carbocycles. The van der Waals surface area contributed by atoms with Gasteiger partial charge in [0.2, 0.25) is 11.8 Å². The Kier molecular flexibility index (Phi) is 12.9. The molecule has 6 rings (SSSR count). The Morgan fingerprint density at radius 1 is 0.893 bits per heavy atom. The number of carbonyl (C=O) groups excluding carboxylic acids is 5. The molecule has 2 aromatic heterocycles. The molecule has 294 valence electrons. The quantitative estimate of drug-likeness (QED) is 0.0932. The Bertz CT molecular complexity index is 2190. The first-order chi connectivity index (χ1) is 27.1. The Morgan fingerprint density at radius 3 is 2.32 bits per heavy atom. The molecule has 2 aliphatic heterocycles. The first-order valence-corrected chi connectivity index (χ1v) is 19.0. The predicted octanol–water partition coefficient (Wildman–Crippen LogP) is 5.34. The second-order valence-corrected chi connectivity index (χ2v) is 14.1. The van der Waals surface area contributed by atoms with Crippen LogP contribution in [0, 0.1) is 0 Å². The van der Waals surface area contributed by atoms with E-state index in [-0.39, 0.29) is 48.5 Å². The molecule has 1 saturated heterocycles. The number of carbonyl (C=O) groups is 5. The average Bonchev–Trinajstić information content (AvgIpc) is 3.45. The van der Waals surface area contributed by atoms with Gasteiger partial charge in [-0.3, -0.25) is 44.0 Å². The first-order valence-electron chi connectivity index (χ1n) is 19.0. The second-order valence-electron chi connectivity index (χ2n) is 14.1. The van der Waals surface area contributed by atoms with Gasteiger partial charge in [-0.25, -0.2) is 0 Å². The number of piperidine rings is 1. The number of hydrogen-bond donors (Lipinski definition) is 2. The summed E-state index contributed by atoms with van der Waals surface area (Å²) in [6.45, 7) is 0.739. The van der Waals surface area contributed by atoms with Gasteiger partial charge in [0.15, 0.2) is 5.78 Å². The van der Waals surface area contributed by atoms with Gasteiger partial charge in [-0.05, 0) is 60.5 Å². The predicted molar refractivity (Wildman–Crippen MR) is 209 cm³/mol. The van der Waals surface area contributed by atoms with E-state index >= 15 is 0 Å². The van der Waals surface area contributed by atoms with Gasteiger partial charge in [-0.15, -0.1) is 0 Å². The van der Waals surface area contributed by atoms with Crippen molar-refractivity contribution in [1.29, 1.82) is 0 Å². The van der Waals surface area contributed by atoms with Crippen molar-refractivity contribution in [3.63, 3.8) is 0 Å². The molecule has 2 N–H and O–H groups in total. The number of amides is 4. The van der Waals surface area contributed by atoms with E-state index in [9.17, 15) is 28.8 Å². The molecule has 56 heavy (non-hydrogen) atoms. The van der Waals surface area contributed by atoms with Gasteiger partial charge < -0.3 is 24.1 Å². The molecule has 1 unspecified atom stereocenters. The highest BCUT2D eigenvalue weighted by molar-refractivity contribution is 6.25. The summed E-state index contributed by atoms with van der Waals surface area (Å²) < 4.78 is 18.8. The van der Waals surface area contributed by atoms with E-state index in [0.29, 0.717) is 41.1 Å². The molecule has 0 saturated carbocycles. The highest BCUT2D eigenvalue weighted by Crippen LogP contribution is 2.38. The molecule has 0 spiro atoms. The third-order valence-corrected chi connectivity index (χ3v) is 10.3. The number of nitrogens with one attached hydrogen (secondary N) is 2. The van der Waals surface area contributed by atoms with Crippen LogP contribution in [0.3, 0.4) is 0 Å². The van der Waals surface area contributed by atoms with Crippen LogP contribution in [0.4, 0.5) is 5.69 Å². The van der Waals surface area contributed by atoms with E-state index in [0.717, 1.165) is 66.4 Å². The van der Waals surface area contributed by atoms with E-state index in [1.54, 1.807) is 58.1 Å². The lowest BCUT2D eigenvalue weighted by atomic mass is 9.99. The summed E-state index contributed by atoms with van der Waals surface area (Å²) >= 11 is 0. The Morgan fingerprint density at radius 2 is 1.61 bits per heavy atom. The molecular weight excluding hydrogens is 718 g/mol. The average molecular weight is 766 g/mol. The van der Waals surface area contributed by atoms with Crippen LogP contribution in [0.15, 0.2) is 59.8 Å². The van der Waals surface area contributed by atoms with Gasteiger partial charge in [-0.1, -0.05) is 38.2 Å². The Balaban J connectivity index is 0.883. The normalized spacial score (nSPS) is 15.3. The van der Waals surface area contributed by atoms with Crippen molar-refractivity contribution in [2.24, 2.45) is 7.05 Å². The molecule has 4 heterocycles. The lowest BCUT2D eigenvalue weighted by molar-refractivity contribution is -0.136. The fourth-order valence-electron chi connectivity index (χ4n) is 7.38. The minimum Gasteiger partial charge on any atom is -0.496 e. The lowest BCUT2D eigenvalue weighted by Gasteiger charge is -2.27. The van der Waals surface area contributed by atoms with Crippen molar-refractivity contribution >= 4 is 45.9 Å². The minimum atomic E-state index is -0.995. The van der Waals surface area contributed by atoms with Crippen molar-refractivity contribution < 1.29 is 38.2 Å². The fourth-order valence-corrected chi connectivity index (χ4v) is 7.38. The fraction of sp³-hybridized carbons (Fsp3) is 0.405. The van der Waals surface area contributed by atoms with E-state index in [1.165, 1.54) is 4.57 Å². The van der Waals surface area contributed by atoms with Gasteiger partial charge in [0.05, 0.1) is 42.9 Å². The van der Waals surface area contributed by atoms with Gasteiger partial charge in [-0.2, -0.15) is 0 Å². The maximum absolute atomic E-state index is 13.3. The van der Waals surface area contributed by atoms with Crippen LogP contribution in [-0.2, 0) is 32.8 Å². The summed E-state index contributed by atoms with van der Waals surface area (Å²) in [4.78, 5) is 80.6. The third kappa shape index (κ3) is 8.65. The number of Topliss-reactive ketones (excluding diaryl/α,β-unsaturated/α-hetero) is 1. The van der Waals surface area contributed by atoms with Crippen molar-refractivity contribution in [3.8, 4) is 22.6 Å². The van der Waals surface area contributed by atoms with Crippen LogP contribution >= 0.6 is 0 Å². The smallest absolute Gasteiger partial charge is 0.264 e. The monoisotopic (exact) mass is 765 g/mol. The van der Waals surface area contributed by atoms with Gasteiger partial charge in [0.25, 0.3) is 17.4 Å². The standard InChI is InChI=1S/C42H47N5O9/c1-46-23-31(28-17-19-43-22-30(28)40(46)51)26-20-35(54-2)32(36(21-26)55-3)25-56-24-27(48)12-9-7-5-4-6-8-10-18-44-33-14-11-13-29-38(33)42(53)47(41(29)52)34-15-16-37(49)45-39(34)50/h11,13-14,17,19-23,34,44H,4-10,12,15-16,18,24-25H2,1-3H3,(H,45,49,50). The largest absolute Gasteiger partial charge is 0.496 e. The number of aryl methyl sites for hydroxylation is 1. The maximum Gasteiger partial charge on any atom is 0.264 e. The molecule has 0 aliphatic carbocycles. The number of ether oxygens (including phenoxy) is 3. The number of methoxy groups -OCH3 is 2. The highest BCUT2D eigenvalue weighted by atomic mass is 16.5. The molecule has 0 bridgehead atoms. The number of rotatable bonds is 19. The number of benzene rings is 2. The molecule has 14 heteroatoms. The van der Waals surface area contributed by atoms with E-state index in [1.807, 2.05) is 18.2 Å². The summed E-state index contributed by atoms with van der Waals surface area (Å²) in [6.07, 6.45) is 12.3. The van der Waals surface area contributed by atoms with Crippen LogP contribution in [0.5, 0.6) is 11.5 Å². The minimum absolute atomic E-state index is 0.0151. The number of pyridine rings is 2. The van der Waals surface area contributed by atoms with E-state index in [2.05, 4.69) is 15.6 Å². The van der Waals surface area contributed by atoms with Crippen LogP contribution in [0.2, 0.25) is 0 Å². The van der Waals surface area contributed by atoms with Crippen LogP contribution < -0.4 is 25.7 Å². The van der Waals surface area contributed by atoms with Crippen molar-refractivity contribution in [2.45, 2.75) is 76.9 Å². The summed E-state index contributed by atoms with van der Waals surface area (Å²) in [5.74, 6) is -0.950. The maximum atomic E-state index is 13.3. The molecule has 0 radical (unpaired) electrons. The van der Waals surface area contributed by atoms with Crippen molar-refractivity contribution in [2.75, 3.05) is 32.7 Å². The number of nitrogens with zero attached hydrogens (tertiary/aromatic N) is 3. The molecular formula is C42H47N5O9. The molecule has 1 fully saturated rings.